The molecule has 1 rings (SSSR count). The molecule has 1 heterocycles. The Bertz CT molecular complexity index is 323. The van der Waals surface area contributed by atoms with Crippen molar-refractivity contribution in [1.82, 2.24) is 9.55 Å². The first-order valence-corrected chi connectivity index (χ1v) is 4.94. The highest BCUT2D eigenvalue weighted by Gasteiger charge is 2.01. The van der Waals surface area contributed by atoms with Crippen LogP contribution in [0.25, 0.3) is 0 Å². The molecule has 1 aromatic rings. The minimum atomic E-state index is -0.0312. The van der Waals surface area contributed by atoms with Crippen LogP contribution >= 0.6 is 38.5 Å². The smallest absolute Gasteiger partial charge is 0.282 e. The zero-order valence-corrected chi connectivity index (χ0v) is 9.59. The molecule has 5 heteroatoms. The van der Waals surface area contributed by atoms with E-state index >= 15 is 0 Å². The van der Waals surface area contributed by atoms with Gasteiger partial charge in [-0.3, -0.25) is 4.79 Å². The molecule has 0 atom stereocenters. The van der Waals surface area contributed by atoms with Gasteiger partial charge in [0.05, 0.1) is 0 Å². The van der Waals surface area contributed by atoms with Crippen LogP contribution in [0.1, 0.15) is 6.92 Å². The SMILES string of the molecule is CCn1cc(Br)nc(I)c1=O. The quantitative estimate of drug-likeness (QED) is 0.734. The number of hydrogen-bond acceptors (Lipinski definition) is 2. The molecule has 0 radical (unpaired) electrons. The van der Waals surface area contributed by atoms with Gasteiger partial charge in [-0.05, 0) is 45.4 Å². The second-order valence-electron chi connectivity index (χ2n) is 1.95. The lowest BCUT2D eigenvalue weighted by atomic mass is 10.6. The summed E-state index contributed by atoms with van der Waals surface area (Å²) in [5.41, 5.74) is -0.0312. The van der Waals surface area contributed by atoms with Crippen LogP contribution in [-0.2, 0) is 6.54 Å². The molecule has 0 aromatic carbocycles. The summed E-state index contributed by atoms with van der Waals surface area (Å²) in [6.45, 7) is 2.60. The van der Waals surface area contributed by atoms with E-state index in [1.807, 2.05) is 29.5 Å². The largest absolute Gasteiger partial charge is 0.311 e. The minimum absolute atomic E-state index is 0.0312. The molecule has 0 spiro atoms. The molecule has 0 fully saturated rings. The van der Waals surface area contributed by atoms with Crippen molar-refractivity contribution in [1.29, 1.82) is 0 Å². The molecule has 11 heavy (non-hydrogen) atoms. The van der Waals surface area contributed by atoms with Gasteiger partial charge in [0.25, 0.3) is 5.56 Å². The fourth-order valence-corrected chi connectivity index (χ4v) is 2.04. The van der Waals surface area contributed by atoms with Crippen LogP contribution in [0, 0.1) is 3.70 Å². The lowest BCUT2D eigenvalue weighted by Gasteiger charge is -2.01. The zero-order chi connectivity index (χ0) is 8.43. The molecule has 1 aromatic heterocycles. The van der Waals surface area contributed by atoms with Crippen molar-refractivity contribution in [2.45, 2.75) is 13.5 Å². The van der Waals surface area contributed by atoms with E-state index in [9.17, 15) is 4.79 Å². The van der Waals surface area contributed by atoms with Crippen molar-refractivity contribution in [3.05, 3.63) is 24.9 Å². The third-order valence-corrected chi connectivity index (χ3v) is 2.33. The van der Waals surface area contributed by atoms with Gasteiger partial charge < -0.3 is 4.57 Å². The maximum atomic E-state index is 11.2. The Morgan fingerprint density at radius 2 is 2.45 bits per heavy atom. The first kappa shape index (κ1) is 9.18. The monoisotopic (exact) mass is 328 g/mol. The Labute approximate surface area is 86.1 Å². The molecule has 0 saturated heterocycles. The number of hydrogen-bond donors (Lipinski definition) is 0. The second kappa shape index (κ2) is 3.66. The molecular weight excluding hydrogens is 323 g/mol. The normalized spacial score (nSPS) is 10.1. The fourth-order valence-electron chi connectivity index (χ4n) is 0.711. The molecule has 60 valence electrons. The van der Waals surface area contributed by atoms with E-state index in [1.54, 1.807) is 10.8 Å². The molecule has 3 nitrogen and oxygen atoms in total. The van der Waals surface area contributed by atoms with Crippen molar-refractivity contribution < 1.29 is 0 Å². The highest BCUT2D eigenvalue weighted by atomic mass is 127. The van der Waals surface area contributed by atoms with E-state index in [0.717, 1.165) is 0 Å². The summed E-state index contributed by atoms with van der Waals surface area (Å²) in [7, 11) is 0. The number of halogens is 2. The van der Waals surface area contributed by atoms with E-state index in [1.165, 1.54) is 0 Å². The zero-order valence-electron chi connectivity index (χ0n) is 5.84. The Balaban J connectivity index is 3.37. The summed E-state index contributed by atoms with van der Waals surface area (Å²) in [5, 5.41) is 0. The minimum Gasteiger partial charge on any atom is -0.311 e. The summed E-state index contributed by atoms with van der Waals surface area (Å²) in [5.74, 6) is 0. The predicted octanol–water partition coefficient (Wildman–Crippen LogP) is 1.63. The summed E-state index contributed by atoms with van der Waals surface area (Å²) >= 11 is 5.14. The van der Waals surface area contributed by atoms with Gasteiger partial charge in [0, 0.05) is 12.7 Å². The van der Waals surface area contributed by atoms with Gasteiger partial charge in [-0.2, -0.15) is 0 Å². The maximum Gasteiger partial charge on any atom is 0.282 e. The predicted molar refractivity (Wildman–Crippen MR) is 54.6 cm³/mol. The van der Waals surface area contributed by atoms with Gasteiger partial charge >= 0.3 is 0 Å². The highest BCUT2D eigenvalue weighted by Crippen LogP contribution is 2.04. The van der Waals surface area contributed by atoms with E-state index in [4.69, 9.17) is 0 Å². The van der Waals surface area contributed by atoms with Gasteiger partial charge in [0.1, 0.15) is 4.60 Å². The molecule has 0 aliphatic carbocycles. The number of nitrogens with zero attached hydrogens (tertiary/aromatic N) is 2. The standard InChI is InChI=1S/C6H6BrIN2O/c1-2-10-3-4(7)9-5(8)6(10)11/h3H,2H2,1H3. The molecular formula is C6H6BrIN2O. The molecule has 0 aliphatic rings. The average Bonchev–Trinajstić information content (AvgIpc) is 1.96. The van der Waals surface area contributed by atoms with Gasteiger partial charge in [-0.1, -0.05) is 0 Å². The van der Waals surface area contributed by atoms with Crippen molar-refractivity contribution >= 4 is 38.5 Å². The third kappa shape index (κ3) is 2.02. The Kier molecular flexibility index (Phi) is 3.06. The number of rotatable bonds is 1. The van der Waals surface area contributed by atoms with E-state index in [-0.39, 0.29) is 5.56 Å². The average molecular weight is 329 g/mol. The molecule has 0 bridgehead atoms. The van der Waals surface area contributed by atoms with Gasteiger partial charge in [0.15, 0.2) is 3.70 Å². The summed E-state index contributed by atoms with van der Waals surface area (Å²) < 4.78 is 2.81. The van der Waals surface area contributed by atoms with E-state index in [0.29, 0.717) is 14.8 Å². The van der Waals surface area contributed by atoms with Crippen LogP contribution in [0.2, 0.25) is 0 Å². The van der Waals surface area contributed by atoms with Crippen molar-refractivity contribution in [2.24, 2.45) is 0 Å². The topological polar surface area (TPSA) is 34.9 Å². The fraction of sp³-hybridized carbons (Fsp3) is 0.333. The van der Waals surface area contributed by atoms with Gasteiger partial charge in [-0.15, -0.1) is 0 Å². The Morgan fingerprint density at radius 3 is 3.00 bits per heavy atom. The van der Waals surface area contributed by atoms with Gasteiger partial charge in [0.2, 0.25) is 0 Å². The van der Waals surface area contributed by atoms with Crippen molar-refractivity contribution in [3.8, 4) is 0 Å². The second-order valence-corrected chi connectivity index (χ2v) is 3.78. The van der Waals surface area contributed by atoms with E-state index in [2.05, 4.69) is 20.9 Å². The molecule has 0 aliphatic heterocycles. The molecule has 0 saturated carbocycles. The maximum absolute atomic E-state index is 11.2. The molecule has 0 N–H and O–H groups in total. The summed E-state index contributed by atoms with van der Waals surface area (Å²) in [4.78, 5) is 15.2. The van der Waals surface area contributed by atoms with Crippen molar-refractivity contribution in [3.63, 3.8) is 0 Å². The van der Waals surface area contributed by atoms with Crippen LogP contribution < -0.4 is 5.56 Å². The Hall–Kier alpha value is 0.0900. The Morgan fingerprint density at radius 1 is 1.82 bits per heavy atom. The first-order valence-electron chi connectivity index (χ1n) is 3.07. The third-order valence-electron chi connectivity index (χ3n) is 1.25. The summed E-state index contributed by atoms with van der Waals surface area (Å²) in [6.07, 6.45) is 1.69. The molecule has 0 unspecified atom stereocenters. The number of aryl methyl sites for hydroxylation is 1. The van der Waals surface area contributed by atoms with Gasteiger partial charge in [-0.25, -0.2) is 4.98 Å². The van der Waals surface area contributed by atoms with Crippen LogP contribution in [0.5, 0.6) is 0 Å². The highest BCUT2D eigenvalue weighted by molar-refractivity contribution is 14.1. The van der Waals surface area contributed by atoms with Crippen LogP contribution in [0.4, 0.5) is 0 Å². The first-order chi connectivity index (χ1) is 5.15. The van der Waals surface area contributed by atoms with E-state index < -0.39 is 0 Å². The van der Waals surface area contributed by atoms with Crippen LogP contribution in [-0.4, -0.2) is 9.55 Å². The number of aromatic nitrogens is 2. The lowest BCUT2D eigenvalue weighted by Crippen LogP contribution is -2.22. The van der Waals surface area contributed by atoms with Crippen LogP contribution in [0.3, 0.4) is 0 Å². The molecule has 0 amide bonds. The lowest BCUT2D eigenvalue weighted by molar-refractivity contribution is 0.706. The van der Waals surface area contributed by atoms with Crippen molar-refractivity contribution in [2.75, 3.05) is 0 Å². The van der Waals surface area contributed by atoms with Crippen LogP contribution in [0.15, 0.2) is 15.6 Å². The summed E-state index contributed by atoms with van der Waals surface area (Å²) in [6, 6.07) is 0.